The fourth-order valence-electron chi connectivity index (χ4n) is 3.08. The zero-order valence-electron chi connectivity index (χ0n) is 16.0. The molecule has 1 aliphatic carbocycles. The predicted molar refractivity (Wildman–Crippen MR) is 114 cm³/mol. The molecule has 3 rings (SSSR count). The number of nitrogens with one attached hydrogen (secondary N) is 3. The van der Waals surface area contributed by atoms with Gasteiger partial charge in [-0.3, -0.25) is 9.59 Å². The standard InChI is InChI=1S/C19H25N5O2S2/c1-12(17(26)21-14-7-4-3-5-8-14)27-19-24-23-18(28-19)22-16-10-6-9-15(11-16)20-13(2)25/h6,9-12,14H,3-5,7-8H2,1-2H3,(H,20,25)(H,21,26)(H,22,23). The van der Waals surface area contributed by atoms with Crippen molar-refractivity contribution in [2.75, 3.05) is 10.6 Å². The van der Waals surface area contributed by atoms with Gasteiger partial charge in [0.1, 0.15) is 0 Å². The third-order valence-corrected chi connectivity index (χ3v) is 6.46. The summed E-state index contributed by atoms with van der Waals surface area (Å²) < 4.78 is 0.742. The van der Waals surface area contributed by atoms with Crippen molar-refractivity contribution >= 4 is 51.4 Å². The third kappa shape index (κ3) is 6.20. The van der Waals surface area contributed by atoms with E-state index < -0.39 is 0 Å². The molecule has 0 saturated heterocycles. The van der Waals surface area contributed by atoms with Gasteiger partial charge in [0.05, 0.1) is 5.25 Å². The van der Waals surface area contributed by atoms with E-state index in [4.69, 9.17) is 0 Å². The summed E-state index contributed by atoms with van der Waals surface area (Å²) in [6.07, 6.45) is 5.81. The molecule has 1 aliphatic rings. The first-order valence-corrected chi connectivity index (χ1v) is 11.1. The maximum absolute atomic E-state index is 12.4. The van der Waals surface area contributed by atoms with Crippen LogP contribution in [0.15, 0.2) is 28.6 Å². The second kappa shape index (κ2) is 9.88. The average molecular weight is 420 g/mol. The highest BCUT2D eigenvalue weighted by Crippen LogP contribution is 2.31. The van der Waals surface area contributed by atoms with Crippen molar-refractivity contribution < 1.29 is 9.59 Å². The van der Waals surface area contributed by atoms with E-state index in [1.54, 1.807) is 0 Å². The normalized spacial score (nSPS) is 15.6. The molecular formula is C19H25N5O2S2. The molecule has 7 nitrogen and oxygen atoms in total. The molecule has 2 aromatic rings. The Morgan fingerprint density at radius 1 is 1.18 bits per heavy atom. The fraction of sp³-hybridized carbons (Fsp3) is 0.474. The molecule has 1 fully saturated rings. The minimum Gasteiger partial charge on any atom is -0.352 e. The number of aromatic nitrogens is 2. The van der Waals surface area contributed by atoms with Crippen molar-refractivity contribution in [2.45, 2.75) is 61.6 Å². The number of anilines is 3. The van der Waals surface area contributed by atoms with E-state index in [0.29, 0.717) is 16.9 Å². The number of thioether (sulfide) groups is 1. The summed E-state index contributed by atoms with van der Waals surface area (Å²) in [7, 11) is 0. The lowest BCUT2D eigenvalue weighted by atomic mass is 9.95. The van der Waals surface area contributed by atoms with Gasteiger partial charge < -0.3 is 16.0 Å². The van der Waals surface area contributed by atoms with Crippen LogP contribution in [0.1, 0.15) is 46.0 Å². The van der Waals surface area contributed by atoms with Crippen molar-refractivity contribution in [3.8, 4) is 0 Å². The topological polar surface area (TPSA) is 96.0 Å². The minimum absolute atomic E-state index is 0.0598. The second-order valence-corrected chi connectivity index (χ2v) is 9.43. The van der Waals surface area contributed by atoms with Crippen molar-refractivity contribution in [1.82, 2.24) is 15.5 Å². The van der Waals surface area contributed by atoms with Crippen molar-refractivity contribution in [1.29, 1.82) is 0 Å². The molecule has 3 N–H and O–H groups in total. The number of hydrogen-bond donors (Lipinski definition) is 3. The summed E-state index contributed by atoms with van der Waals surface area (Å²) >= 11 is 2.82. The number of carbonyl (C=O) groups is 2. The van der Waals surface area contributed by atoms with Gasteiger partial charge >= 0.3 is 0 Å². The van der Waals surface area contributed by atoms with Gasteiger partial charge in [-0.05, 0) is 38.0 Å². The SMILES string of the molecule is CC(=O)Nc1cccc(Nc2nnc(SC(C)C(=O)NC3CCCCC3)s2)c1. The molecule has 1 aromatic carbocycles. The lowest BCUT2D eigenvalue weighted by Gasteiger charge is -2.24. The summed E-state index contributed by atoms with van der Waals surface area (Å²) in [5, 5.41) is 17.8. The largest absolute Gasteiger partial charge is 0.352 e. The number of rotatable bonds is 7. The summed E-state index contributed by atoms with van der Waals surface area (Å²) in [5.41, 5.74) is 1.52. The van der Waals surface area contributed by atoms with Crippen LogP contribution in [0.2, 0.25) is 0 Å². The molecule has 0 spiro atoms. The van der Waals surface area contributed by atoms with Crippen LogP contribution in [-0.4, -0.2) is 33.3 Å². The summed E-state index contributed by atoms with van der Waals surface area (Å²) in [4.78, 5) is 23.6. The van der Waals surface area contributed by atoms with E-state index >= 15 is 0 Å². The molecule has 1 unspecified atom stereocenters. The van der Waals surface area contributed by atoms with Crippen LogP contribution in [-0.2, 0) is 9.59 Å². The molecule has 2 amide bonds. The van der Waals surface area contributed by atoms with Crippen molar-refractivity contribution in [2.24, 2.45) is 0 Å². The number of amides is 2. The van der Waals surface area contributed by atoms with Gasteiger partial charge in [-0.15, -0.1) is 10.2 Å². The van der Waals surface area contributed by atoms with Crippen molar-refractivity contribution in [3.63, 3.8) is 0 Å². The first-order valence-electron chi connectivity index (χ1n) is 9.45. The molecule has 0 radical (unpaired) electrons. The molecule has 28 heavy (non-hydrogen) atoms. The quantitative estimate of drug-likeness (QED) is 0.583. The van der Waals surface area contributed by atoms with Crippen LogP contribution >= 0.6 is 23.1 Å². The second-order valence-electron chi connectivity index (χ2n) is 6.86. The van der Waals surface area contributed by atoms with E-state index in [9.17, 15) is 9.59 Å². The maximum Gasteiger partial charge on any atom is 0.233 e. The maximum atomic E-state index is 12.4. The predicted octanol–water partition coefficient (Wildman–Crippen LogP) is 4.17. The molecule has 9 heteroatoms. The Kier molecular flexibility index (Phi) is 7.27. The van der Waals surface area contributed by atoms with E-state index in [0.717, 1.165) is 22.9 Å². The van der Waals surface area contributed by atoms with Gasteiger partial charge in [0.15, 0.2) is 4.34 Å². The summed E-state index contributed by atoms with van der Waals surface area (Å²) in [6.45, 7) is 3.37. The zero-order valence-corrected chi connectivity index (χ0v) is 17.7. The summed E-state index contributed by atoms with van der Waals surface area (Å²) in [6, 6.07) is 7.70. The van der Waals surface area contributed by atoms with Crippen LogP contribution in [0, 0.1) is 0 Å². The fourth-order valence-corrected chi connectivity index (χ4v) is 5.00. The van der Waals surface area contributed by atoms with Gasteiger partial charge in [0.25, 0.3) is 0 Å². The van der Waals surface area contributed by atoms with Crippen LogP contribution in [0.3, 0.4) is 0 Å². The molecule has 150 valence electrons. The number of benzene rings is 1. The molecule has 1 saturated carbocycles. The number of hydrogen-bond acceptors (Lipinski definition) is 7. The van der Waals surface area contributed by atoms with E-state index in [1.807, 2.05) is 31.2 Å². The van der Waals surface area contributed by atoms with Gasteiger partial charge in [0.2, 0.25) is 16.9 Å². The third-order valence-electron chi connectivity index (χ3n) is 4.44. The molecule has 0 aliphatic heterocycles. The summed E-state index contributed by atoms with van der Waals surface area (Å²) in [5.74, 6) is -0.0585. The lowest BCUT2D eigenvalue weighted by molar-refractivity contribution is -0.121. The Morgan fingerprint density at radius 2 is 1.93 bits per heavy atom. The van der Waals surface area contributed by atoms with Crippen molar-refractivity contribution in [3.05, 3.63) is 24.3 Å². The first-order chi connectivity index (χ1) is 13.5. The van der Waals surface area contributed by atoms with Crippen LogP contribution in [0.5, 0.6) is 0 Å². The van der Waals surface area contributed by atoms with Crippen LogP contribution in [0.4, 0.5) is 16.5 Å². The molecule has 1 heterocycles. The Hall–Kier alpha value is -2.13. The lowest BCUT2D eigenvalue weighted by Crippen LogP contribution is -2.40. The molecule has 1 aromatic heterocycles. The van der Waals surface area contributed by atoms with Crippen LogP contribution in [0.25, 0.3) is 0 Å². The highest BCUT2D eigenvalue weighted by atomic mass is 32.2. The number of nitrogens with zero attached hydrogens (tertiary/aromatic N) is 2. The minimum atomic E-state index is -0.217. The van der Waals surface area contributed by atoms with Crippen LogP contribution < -0.4 is 16.0 Å². The van der Waals surface area contributed by atoms with Gasteiger partial charge in [-0.25, -0.2) is 0 Å². The van der Waals surface area contributed by atoms with Gasteiger partial charge in [-0.1, -0.05) is 48.4 Å². The van der Waals surface area contributed by atoms with E-state index in [1.165, 1.54) is 49.3 Å². The Labute approximate surface area is 173 Å². The number of carbonyl (C=O) groups excluding carboxylic acids is 2. The smallest absolute Gasteiger partial charge is 0.233 e. The molecule has 1 atom stereocenters. The first kappa shape index (κ1) is 20.6. The monoisotopic (exact) mass is 419 g/mol. The Balaban J connectivity index is 1.53. The van der Waals surface area contributed by atoms with Gasteiger partial charge in [-0.2, -0.15) is 0 Å². The Bertz CT molecular complexity index is 820. The molecule has 0 bridgehead atoms. The zero-order chi connectivity index (χ0) is 19.9. The average Bonchev–Trinajstić information content (AvgIpc) is 3.09. The molecular weight excluding hydrogens is 394 g/mol. The van der Waals surface area contributed by atoms with E-state index in [-0.39, 0.29) is 17.1 Å². The highest BCUT2D eigenvalue weighted by Gasteiger charge is 2.21. The Morgan fingerprint density at radius 3 is 2.68 bits per heavy atom. The van der Waals surface area contributed by atoms with E-state index in [2.05, 4.69) is 26.1 Å². The van der Waals surface area contributed by atoms with Gasteiger partial charge in [0, 0.05) is 24.3 Å². The highest BCUT2D eigenvalue weighted by molar-refractivity contribution is 8.02.